The van der Waals surface area contributed by atoms with E-state index in [0.29, 0.717) is 30.3 Å². The molecule has 0 saturated heterocycles. The van der Waals surface area contributed by atoms with E-state index in [1.54, 1.807) is 24.3 Å². The van der Waals surface area contributed by atoms with E-state index in [1.807, 2.05) is 0 Å². The Labute approximate surface area is 141 Å². The van der Waals surface area contributed by atoms with Gasteiger partial charge >= 0.3 is 6.18 Å². The first kappa shape index (κ1) is 17.1. The molecule has 1 aromatic carbocycles. The van der Waals surface area contributed by atoms with Gasteiger partial charge in [0.15, 0.2) is 5.69 Å². The molecule has 9 heteroatoms. The molecule has 1 aliphatic heterocycles. The predicted molar refractivity (Wildman–Crippen MR) is 81.5 cm³/mol. The molecule has 0 aliphatic carbocycles. The highest BCUT2D eigenvalue weighted by molar-refractivity contribution is 5.92. The number of methoxy groups -OCH3 is 1. The number of rotatable bonds is 5. The maximum Gasteiger partial charge on any atom is 0.406 e. The lowest BCUT2D eigenvalue weighted by molar-refractivity contribution is -0.141. The first-order chi connectivity index (χ1) is 11.9. The number of halogens is 3. The third-order valence-electron chi connectivity index (χ3n) is 3.71. The van der Waals surface area contributed by atoms with Gasteiger partial charge in [-0.2, -0.15) is 18.3 Å². The minimum atomic E-state index is -4.51. The van der Waals surface area contributed by atoms with E-state index in [0.717, 1.165) is 4.90 Å². The highest BCUT2D eigenvalue weighted by Crippen LogP contribution is 2.23. The lowest BCUT2D eigenvalue weighted by atomic mass is 10.2. The Bertz CT molecular complexity index is 735. The van der Waals surface area contributed by atoms with Gasteiger partial charge in [0, 0.05) is 12.6 Å². The fraction of sp³-hybridized carbons (Fsp3) is 0.375. The van der Waals surface area contributed by atoms with Gasteiger partial charge < -0.3 is 14.4 Å². The third-order valence-corrected chi connectivity index (χ3v) is 3.71. The maximum atomic E-state index is 12.9. The molecule has 6 nitrogen and oxygen atoms in total. The molecule has 0 fully saturated rings. The van der Waals surface area contributed by atoms with E-state index in [2.05, 4.69) is 5.10 Å². The van der Waals surface area contributed by atoms with Gasteiger partial charge in [-0.15, -0.1) is 0 Å². The number of carbonyl (C=O) groups is 1. The van der Waals surface area contributed by atoms with E-state index in [9.17, 15) is 18.0 Å². The van der Waals surface area contributed by atoms with E-state index >= 15 is 0 Å². The summed E-state index contributed by atoms with van der Waals surface area (Å²) in [4.78, 5) is 13.2. The van der Waals surface area contributed by atoms with E-state index in [1.165, 1.54) is 17.9 Å². The molecule has 1 aliphatic rings. The van der Waals surface area contributed by atoms with Crippen molar-refractivity contribution in [1.82, 2.24) is 14.7 Å². The smallest absolute Gasteiger partial charge is 0.406 e. The maximum absolute atomic E-state index is 12.9. The molecule has 25 heavy (non-hydrogen) atoms. The van der Waals surface area contributed by atoms with Crippen LogP contribution in [0.25, 0.3) is 0 Å². The standard InChI is InChI=1S/C16H16F3N3O3/c1-24-12-4-2-11(3-5-12)9-21(10-16(17,18)19)15(23)13-8-14-22(20-13)6-7-25-14/h2-5,8H,6-7,9-10H2,1H3. The van der Waals surface area contributed by atoms with Crippen molar-refractivity contribution in [2.24, 2.45) is 0 Å². The summed E-state index contributed by atoms with van der Waals surface area (Å²) < 4.78 is 50.4. The van der Waals surface area contributed by atoms with E-state index in [4.69, 9.17) is 9.47 Å². The van der Waals surface area contributed by atoms with Crippen LogP contribution in [0.5, 0.6) is 11.6 Å². The first-order valence-corrected chi connectivity index (χ1v) is 7.55. The molecule has 2 heterocycles. The van der Waals surface area contributed by atoms with E-state index < -0.39 is 18.6 Å². The van der Waals surface area contributed by atoms with Crippen LogP contribution in [0.1, 0.15) is 16.1 Å². The average molecular weight is 355 g/mol. The first-order valence-electron chi connectivity index (χ1n) is 7.55. The molecule has 0 unspecified atom stereocenters. The van der Waals surface area contributed by atoms with Gasteiger partial charge in [-0.25, -0.2) is 4.68 Å². The zero-order valence-corrected chi connectivity index (χ0v) is 13.4. The number of fused-ring (bicyclic) bond motifs is 1. The van der Waals surface area contributed by atoms with Crippen molar-refractivity contribution in [2.75, 3.05) is 20.3 Å². The van der Waals surface area contributed by atoms with Gasteiger partial charge in [-0.1, -0.05) is 12.1 Å². The van der Waals surface area contributed by atoms with Gasteiger partial charge in [-0.05, 0) is 17.7 Å². The van der Waals surface area contributed by atoms with Crippen LogP contribution in [0.15, 0.2) is 30.3 Å². The molecule has 0 saturated carbocycles. The second kappa shape index (κ2) is 6.66. The summed E-state index contributed by atoms with van der Waals surface area (Å²) in [5.74, 6) is 0.179. The summed E-state index contributed by atoms with van der Waals surface area (Å²) >= 11 is 0. The number of hydrogen-bond acceptors (Lipinski definition) is 4. The molecule has 2 aromatic rings. The molecular weight excluding hydrogens is 339 g/mol. The normalized spacial score (nSPS) is 13.3. The number of alkyl halides is 3. The van der Waals surface area contributed by atoms with Gasteiger partial charge in [-0.3, -0.25) is 4.79 Å². The van der Waals surface area contributed by atoms with Crippen LogP contribution >= 0.6 is 0 Å². The Morgan fingerprint density at radius 3 is 2.68 bits per heavy atom. The Kier molecular flexibility index (Phi) is 4.56. The average Bonchev–Trinajstić information content (AvgIpc) is 3.14. The summed E-state index contributed by atoms with van der Waals surface area (Å²) in [6.45, 7) is -0.637. The molecule has 134 valence electrons. The van der Waals surface area contributed by atoms with Crippen molar-refractivity contribution in [1.29, 1.82) is 0 Å². The van der Waals surface area contributed by atoms with Crippen LogP contribution in [-0.2, 0) is 13.1 Å². The summed E-state index contributed by atoms with van der Waals surface area (Å²) in [7, 11) is 1.49. The summed E-state index contributed by atoms with van der Waals surface area (Å²) in [5.41, 5.74) is 0.494. The minimum absolute atomic E-state index is 0.0625. The largest absolute Gasteiger partial charge is 0.497 e. The molecule has 0 N–H and O–H groups in total. The molecule has 1 aromatic heterocycles. The molecule has 0 atom stereocenters. The summed E-state index contributed by atoms with van der Waals surface area (Å²) in [5, 5.41) is 4.02. The molecular formula is C16H16F3N3O3. The fourth-order valence-electron chi connectivity index (χ4n) is 2.55. The Hall–Kier alpha value is -2.71. The molecule has 0 spiro atoms. The van der Waals surface area contributed by atoms with Crippen molar-refractivity contribution in [3.8, 4) is 11.6 Å². The number of ether oxygens (including phenoxy) is 2. The summed E-state index contributed by atoms with van der Waals surface area (Å²) in [6.07, 6.45) is -4.51. The topological polar surface area (TPSA) is 56.6 Å². The lowest BCUT2D eigenvalue weighted by Gasteiger charge is -2.23. The Morgan fingerprint density at radius 1 is 1.36 bits per heavy atom. The number of nitrogens with zero attached hydrogens (tertiary/aromatic N) is 3. The minimum Gasteiger partial charge on any atom is -0.497 e. The second-order valence-corrected chi connectivity index (χ2v) is 5.56. The van der Waals surface area contributed by atoms with Crippen LogP contribution in [0, 0.1) is 0 Å². The Morgan fingerprint density at radius 2 is 2.08 bits per heavy atom. The molecule has 3 rings (SSSR count). The van der Waals surface area contributed by atoms with Crippen LogP contribution in [0.4, 0.5) is 13.2 Å². The lowest BCUT2D eigenvalue weighted by Crippen LogP contribution is -2.38. The van der Waals surface area contributed by atoms with Crippen LogP contribution < -0.4 is 9.47 Å². The van der Waals surface area contributed by atoms with Crippen molar-refractivity contribution in [3.05, 3.63) is 41.6 Å². The molecule has 0 radical (unpaired) electrons. The van der Waals surface area contributed by atoms with Gasteiger partial charge in [0.2, 0.25) is 5.88 Å². The Balaban J connectivity index is 1.81. The number of hydrogen-bond donors (Lipinski definition) is 0. The van der Waals surface area contributed by atoms with Crippen molar-refractivity contribution in [3.63, 3.8) is 0 Å². The quantitative estimate of drug-likeness (QED) is 0.827. The zero-order chi connectivity index (χ0) is 18.0. The highest BCUT2D eigenvalue weighted by Gasteiger charge is 2.34. The van der Waals surface area contributed by atoms with Crippen LogP contribution in [0.2, 0.25) is 0 Å². The van der Waals surface area contributed by atoms with Crippen LogP contribution in [0.3, 0.4) is 0 Å². The van der Waals surface area contributed by atoms with Crippen molar-refractivity contribution < 1.29 is 27.4 Å². The van der Waals surface area contributed by atoms with E-state index in [-0.39, 0.29) is 12.2 Å². The summed E-state index contributed by atoms with van der Waals surface area (Å²) in [6, 6.07) is 7.86. The number of benzene rings is 1. The number of amides is 1. The second-order valence-electron chi connectivity index (χ2n) is 5.56. The van der Waals surface area contributed by atoms with Crippen LogP contribution in [-0.4, -0.2) is 47.0 Å². The van der Waals surface area contributed by atoms with Crippen molar-refractivity contribution in [2.45, 2.75) is 19.3 Å². The highest BCUT2D eigenvalue weighted by atomic mass is 19.4. The SMILES string of the molecule is COc1ccc(CN(CC(F)(F)F)C(=O)c2cc3n(n2)CCO3)cc1. The van der Waals surface area contributed by atoms with Gasteiger partial charge in [0.1, 0.15) is 18.9 Å². The van der Waals surface area contributed by atoms with Gasteiger partial charge in [0.05, 0.1) is 13.7 Å². The predicted octanol–water partition coefficient (Wildman–Crippen LogP) is 2.49. The number of carbonyl (C=O) groups excluding carboxylic acids is 1. The monoisotopic (exact) mass is 355 g/mol. The third kappa shape index (κ3) is 4.04. The molecule has 0 bridgehead atoms. The zero-order valence-electron chi connectivity index (χ0n) is 13.4. The molecule has 1 amide bonds. The van der Waals surface area contributed by atoms with Gasteiger partial charge in [0.25, 0.3) is 5.91 Å². The number of aromatic nitrogens is 2. The fourth-order valence-corrected chi connectivity index (χ4v) is 2.55. The van der Waals surface area contributed by atoms with Crippen molar-refractivity contribution >= 4 is 5.91 Å².